The van der Waals surface area contributed by atoms with Crippen LogP contribution in [0.3, 0.4) is 0 Å². The summed E-state index contributed by atoms with van der Waals surface area (Å²) in [6, 6.07) is 19.3. The Labute approximate surface area is 176 Å². The number of ether oxygens (including phenoxy) is 2. The van der Waals surface area contributed by atoms with Gasteiger partial charge >= 0.3 is 0 Å². The predicted molar refractivity (Wildman–Crippen MR) is 113 cm³/mol. The minimum atomic E-state index is -0.764. The molecule has 5 heteroatoms. The number of Topliss-reactive ketones (excluding diaryl/α,β-unsaturated/α-hetero) is 1. The second kappa shape index (κ2) is 7.72. The Morgan fingerprint density at radius 2 is 1.83 bits per heavy atom. The molecule has 1 atom stereocenters. The molecule has 0 spiro atoms. The average molecular weight is 400 g/mol. The van der Waals surface area contributed by atoms with Gasteiger partial charge in [-0.2, -0.15) is 5.26 Å². The number of rotatable bonds is 4. The number of hydrogen-bond donors (Lipinski definition) is 1. The van der Waals surface area contributed by atoms with Crippen LogP contribution in [0.4, 0.5) is 0 Å². The van der Waals surface area contributed by atoms with Gasteiger partial charge in [-0.1, -0.05) is 56.3 Å². The van der Waals surface area contributed by atoms with Crippen molar-refractivity contribution in [2.45, 2.75) is 39.2 Å². The maximum absolute atomic E-state index is 13.4. The van der Waals surface area contributed by atoms with Crippen molar-refractivity contribution in [3.63, 3.8) is 0 Å². The zero-order valence-electron chi connectivity index (χ0n) is 17.1. The summed E-state index contributed by atoms with van der Waals surface area (Å²) in [5.74, 6) is 0.436. The normalized spacial score (nSPS) is 20.3. The first-order chi connectivity index (χ1) is 14.4. The van der Waals surface area contributed by atoms with E-state index in [1.165, 1.54) is 0 Å². The highest BCUT2D eigenvalue weighted by molar-refractivity contribution is 6.04. The van der Waals surface area contributed by atoms with E-state index in [0.29, 0.717) is 42.1 Å². The van der Waals surface area contributed by atoms with E-state index in [0.717, 1.165) is 5.56 Å². The molecule has 0 radical (unpaired) electrons. The summed E-state index contributed by atoms with van der Waals surface area (Å²) in [4.78, 5) is 13.4. The number of nitrogens with zero attached hydrogens (tertiary/aromatic N) is 1. The van der Waals surface area contributed by atoms with Gasteiger partial charge in [0.05, 0.1) is 5.92 Å². The largest absolute Gasteiger partial charge is 0.489 e. The fourth-order valence-electron chi connectivity index (χ4n) is 4.07. The molecule has 0 fully saturated rings. The molecular weight excluding hydrogens is 376 g/mol. The van der Waals surface area contributed by atoms with Gasteiger partial charge in [-0.05, 0) is 35.1 Å². The monoisotopic (exact) mass is 400 g/mol. The molecule has 4 rings (SSSR count). The van der Waals surface area contributed by atoms with Crippen LogP contribution in [0.1, 0.15) is 43.7 Å². The van der Waals surface area contributed by atoms with Crippen molar-refractivity contribution in [2.75, 3.05) is 0 Å². The van der Waals surface area contributed by atoms with E-state index in [1.807, 2.05) is 54.6 Å². The molecule has 1 aliphatic carbocycles. The first-order valence-corrected chi connectivity index (χ1v) is 9.98. The standard InChI is InChI=1S/C25H24N2O3/c1-25(2)12-19-21(13-25)30-24(27)20(14-26)22(23(19)28)17-8-10-18(11-9-17)29-15-16-6-4-3-5-7-16/h3-11,22H,12-13,15,27H2,1-2H3. The van der Waals surface area contributed by atoms with Crippen LogP contribution >= 0.6 is 0 Å². The summed E-state index contributed by atoms with van der Waals surface area (Å²) in [6.45, 7) is 4.65. The lowest BCUT2D eigenvalue weighted by Crippen LogP contribution is -2.19. The average Bonchev–Trinajstić information content (AvgIpc) is 3.00. The molecule has 2 N–H and O–H groups in total. The van der Waals surface area contributed by atoms with Gasteiger partial charge in [0.1, 0.15) is 29.8 Å². The van der Waals surface area contributed by atoms with Crippen molar-refractivity contribution in [1.29, 1.82) is 5.26 Å². The predicted octanol–water partition coefficient (Wildman–Crippen LogP) is 4.72. The van der Waals surface area contributed by atoms with Crippen molar-refractivity contribution < 1.29 is 14.3 Å². The lowest BCUT2D eigenvalue weighted by atomic mass is 9.82. The number of nitrogens with two attached hydrogens (primary N) is 1. The number of ketones is 1. The molecule has 5 nitrogen and oxygen atoms in total. The molecular formula is C25H24N2O3. The van der Waals surface area contributed by atoms with Gasteiger partial charge in [-0.3, -0.25) is 4.79 Å². The number of carbonyl (C=O) groups is 1. The van der Waals surface area contributed by atoms with E-state index in [2.05, 4.69) is 19.9 Å². The fraction of sp³-hybridized carbons (Fsp3) is 0.280. The summed E-state index contributed by atoms with van der Waals surface area (Å²) in [6.07, 6.45) is 1.24. The minimum Gasteiger partial charge on any atom is -0.489 e. The number of benzene rings is 2. The third-order valence-electron chi connectivity index (χ3n) is 5.56. The van der Waals surface area contributed by atoms with E-state index < -0.39 is 5.92 Å². The second-order valence-corrected chi connectivity index (χ2v) is 8.55. The second-order valence-electron chi connectivity index (χ2n) is 8.55. The van der Waals surface area contributed by atoms with Crippen LogP contribution < -0.4 is 10.5 Å². The smallest absolute Gasteiger partial charge is 0.205 e. The highest BCUT2D eigenvalue weighted by Crippen LogP contribution is 2.47. The van der Waals surface area contributed by atoms with Gasteiger partial charge in [-0.15, -0.1) is 0 Å². The van der Waals surface area contributed by atoms with Crippen molar-refractivity contribution in [1.82, 2.24) is 0 Å². The maximum Gasteiger partial charge on any atom is 0.205 e. The quantitative estimate of drug-likeness (QED) is 0.803. The zero-order chi connectivity index (χ0) is 21.3. The Hall–Kier alpha value is -3.52. The Morgan fingerprint density at radius 3 is 2.50 bits per heavy atom. The summed E-state index contributed by atoms with van der Waals surface area (Å²) in [5, 5.41) is 9.70. The molecule has 0 saturated carbocycles. The molecule has 1 unspecified atom stereocenters. The van der Waals surface area contributed by atoms with E-state index in [1.54, 1.807) is 0 Å². The molecule has 152 valence electrons. The van der Waals surface area contributed by atoms with E-state index >= 15 is 0 Å². The van der Waals surface area contributed by atoms with Crippen LogP contribution in [0, 0.1) is 16.7 Å². The third-order valence-corrected chi connectivity index (χ3v) is 5.56. The molecule has 0 aromatic heterocycles. The molecule has 0 saturated heterocycles. The topological polar surface area (TPSA) is 85.3 Å². The highest BCUT2D eigenvalue weighted by atomic mass is 16.5. The van der Waals surface area contributed by atoms with Crippen LogP contribution in [0.2, 0.25) is 0 Å². The number of carbonyl (C=O) groups excluding carboxylic acids is 1. The zero-order valence-corrected chi connectivity index (χ0v) is 17.1. The fourth-order valence-corrected chi connectivity index (χ4v) is 4.07. The van der Waals surface area contributed by atoms with Gasteiger partial charge in [-0.25, -0.2) is 0 Å². The van der Waals surface area contributed by atoms with Crippen molar-refractivity contribution in [3.8, 4) is 11.8 Å². The lowest BCUT2D eigenvalue weighted by Gasteiger charge is -2.20. The van der Waals surface area contributed by atoms with Crippen LogP contribution in [-0.2, 0) is 16.1 Å². The number of hydrogen-bond acceptors (Lipinski definition) is 5. The van der Waals surface area contributed by atoms with Gasteiger partial charge in [0.25, 0.3) is 0 Å². The molecule has 2 aromatic rings. The first kappa shape index (κ1) is 19.8. The van der Waals surface area contributed by atoms with Gasteiger partial charge in [0.2, 0.25) is 5.88 Å². The Kier molecular flexibility index (Phi) is 5.09. The Balaban J connectivity index is 1.60. The van der Waals surface area contributed by atoms with Crippen LogP contribution in [0.5, 0.6) is 5.75 Å². The molecule has 1 aliphatic heterocycles. The molecule has 0 bridgehead atoms. The van der Waals surface area contributed by atoms with E-state index in [4.69, 9.17) is 15.2 Å². The SMILES string of the molecule is CC1(C)CC2=C(C1)C(=O)C(c1ccc(OCc3ccccc3)cc1)C(C#N)=C(N)O2. The van der Waals surface area contributed by atoms with Crippen molar-refractivity contribution in [2.24, 2.45) is 11.1 Å². The number of nitriles is 1. The first-order valence-electron chi connectivity index (χ1n) is 9.98. The Bertz CT molecular complexity index is 1070. The van der Waals surface area contributed by atoms with E-state index in [-0.39, 0.29) is 22.7 Å². The van der Waals surface area contributed by atoms with Crippen LogP contribution in [0.25, 0.3) is 0 Å². The highest BCUT2D eigenvalue weighted by Gasteiger charge is 2.42. The van der Waals surface area contributed by atoms with Crippen LogP contribution in [0.15, 0.2) is 77.4 Å². The molecule has 2 aliphatic rings. The minimum absolute atomic E-state index is 0.0166. The maximum atomic E-state index is 13.4. The summed E-state index contributed by atoms with van der Waals surface area (Å²) in [7, 11) is 0. The van der Waals surface area contributed by atoms with Gasteiger partial charge in [0, 0.05) is 12.0 Å². The molecule has 30 heavy (non-hydrogen) atoms. The van der Waals surface area contributed by atoms with Crippen molar-refractivity contribution >= 4 is 5.78 Å². The molecule has 2 aromatic carbocycles. The summed E-state index contributed by atoms with van der Waals surface area (Å²) in [5.41, 5.74) is 8.60. The molecule has 1 heterocycles. The van der Waals surface area contributed by atoms with Crippen molar-refractivity contribution in [3.05, 3.63) is 88.5 Å². The van der Waals surface area contributed by atoms with Gasteiger partial charge < -0.3 is 15.2 Å². The Morgan fingerprint density at radius 1 is 1.13 bits per heavy atom. The lowest BCUT2D eigenvalue weighted by molar-refractivity contribution is -0.116. The number of allylic oxidation sites excluding steroid dienone is 3. The summed E-state index contributed by atoms with van der Waals surface area (Å²) < 4.78 is 11.6. The van der Waals surface area contributed by atoms with Crippen LogP contribution in [-0.4, -0.2) is 5.78 Å². The van der Waals surface area contributed by atoms with E-state index in [9.17, 15) is 10.1 Å². The van der Waals surface area contributed by atoms with Gasteiger partial charge in [0.15, 0.2) is 5.78 Å². The molecule has 0 amide bonds. The summed E-state index contributed by atoms with van der Waals surface area (Å²) >= 11 is 0. The third kappa shape index (κ3) is 3.81.